The fourth-order valence-electron chi connectivity index (χ4n) is 5.00. The Labute approximate surface area is 225 Å². The minimum Gasteiger partial charge on any atom is -0.492 e. The van der Waals surface area contributed by atoms with E-state index >= 15 is 0 Å². The quantitative estimate of drug-likeness (QED) is 0.257. The molecule has 1 aromatic heterocycles. The van der Waals surface area contributed by atoms with Gasteiger partial charge in [0.2, 0.25) is 0 Å². The molecule has 1 aliphatic rings. The molecule has 1 aliphatic heterocycles. The highest BCUT2D eigenvalue weighted by atomic mass is 35.5. The Morgan fingerprint density at radius 1 is 1.00 bits per heavy atom. The lowest BCUT2D eigenvalue weighted by molar-refractivity contribution is -0.137. The number of pyridine rings is 1. The van der Waals surface area contributed by atoms with Crippen molar-refractivity contribution in [3.05, 3.63) is 94.6 Å². The molecule has 0 atom stereocenters. The summed E-state index contributed by atoms with van der Waals surface area (Å²) in [6.45, 7) is 4.65. The number of hydrogen-bond acceptors (Lipinski definition) is 4. The zero-order valence-corrected chi connectivity index (χ0v) is 21.8. The number of piperidine rings is 1. The van der Waals surface area contributed by atoms with E-state index in [0.717, 1.165) is 59.7 Å². The third-order valence-electron chi connectivity index (χ3n) is 6.96. The van der Waals surface area contributed by atoms with Crippen LogP contribution in [-0.2, 0) is 6.18 Å². The Kier molecular flexibility index (Phi) is 7.77. The second-order valence-corrected chi connectivity index (χ2v) is 10.1. The molecule has 0 unspecified atom stereocenters. The summed E-state index contributed by atoms with van der Waals surface area (Å²) < 4.78 is 47.0. The maximum atomic E-state index is 13.7. The van der Waals surface area contributed by atoms with E-state index in [2.05, 4.69) is 27.3 Å². The number of aryl methyl sites for hydroxylation is 1. The molecule has 0 aliphatic carbocycles. The third kappa shape index (κ3) is 6.40. The molecule has 0 radical (unpaired) electrons. The normalized spacial score (nSPS) is 15.1. The Morgan fingerprint density at radius 2 is 1.74 bits per heavy atom. The molecule has 0 amide bonds. The molecule has 0 spiro atoms. The Bertz CT molecular complexity index is 1400. The van der Waals surface area contributed by atoms with Crippen molar-refractivity contribution >= 4 is 33.9 Å². The topological polar surface area (TPSA) is 37.4 Å². The number of nitrogens with zero attached hydrogens (tertiary/aromatic N) is 2. The summed E-state index contributed by atoms with van der Waals surface area (Å²) in [5.41, 5.74) is 3.10. The number of aromatic nitrogens is 1. The first-order valence-corrected chi connectivity index (χ1v) is 13.1. The van der Waals surface area contributed by atoms with E-state index in [1.165, 1.54) is 5.56 Å². The van der Waals surface area contributed by atoms with Crippen LogP contribution < -0.4 is 10.1 Å². The van der Waals surface area contributed by atoms with Crippen LogP contribution in [-0.4, -0.2) is 36.1 Å². The van der Waals surface area contributed by atoms with Crippen LogP contribution in [0.15, 0.2) is 72.8 Å². The summed E-state index contributed by atoms with van der Waals surface area (Å²) in [6, 6.07) is 21.2. The van der Waals surface area contributed by atoms with E-state index < -0.39 is 11.7 Å². The maximum absolute atomic E-state index is 13.7. The van der Waals surface area contributed by atoms with E-state index in [1.54, 1.807) is 6.07 Å². The predicted octanol–water partition coefficient (Wildman–Crippen LogP) is 8.22. The summed E-state index contributed by atoms with van der Waals surface area (Å²) in [5.74, 6) is 0.683. The van der Waals surface area contributed by atoms with Crippen LogP contribution in [0.3, 0.4) is 0 Å². The number of benzene rings is 3. The van der Waals surface area contributed by atoms with E-state index in [9.17, 15) is 13.2 Å². The molecule has 4 aromatic rings. The smallest absolute Gasteiger partial charge is 0.416 e. The lowest BCUT2D eigenvalue weighted by atomic mass is 9.89. The van der Waals surface area contributed by atoms with Gasteiger partial charge >= 0.3 is 6.18 Å². The molecule has 1 saturated heterocycles. The molecule has 2 heterocycles. The average Bonchev–Trinajstić information content (AvgIpc) is 2.89. The molecule has 38 heavy (non-hydrogen) atoms. The standard InChI is InChI=1S/C30H29ClF3N3O/c1-20-16-29(27-4-2-3-5-28(27)35-20)36-25-17-23(30(32,33)34)18-26(19-25)38-15-14-37-12-10-22(11-13-37)21-6-8-24(31)9-7-21/h2-9,16-19,22H,10-15H2,1H3,(H,35,36). The Hall–Kier alpha value is -3.29. The third-order valence-corrected chi connectivity index (χ3v) is 7.21. The fourth-order valence-corrected chi connectivity index (χ4v) is 5.13. The largest absolute Gasteiger partial charge is 0.492 e. The highest BCUT2D eigenvalue weighted by molar-refractivity contribution is 6.30. The van der Waals surface area contributed by atoms with Crippen LogP contribution >= 0.6 is 11.6 Å². The zero-order chi connectivity index (χ0) is 26.7. The highest BCUT2D eigenvalue weighted by Crippen LogP contribution is 2.36. The minimum atomic E-state index is -4.49. The molecular formula is C30H29ClF3N3O. The number of ether oxygens (including phenoxy) is 1. The van der Waals surface area contributed by atoms with Crippen LogP contribution in [0.5, 0.6) is 5.75 Å². The lowest BCUT2D eigenvalue weighted by Gasteiger charge is -2.32. The maximum Gasteiger partial charge on any atom is 0.416 e. The Balaban J connectivity index is 1.25. The van der Waals surface area contributed by atoms with Gasteiger partial charge < -0.3 is 10.1 Å². The molecule has 3 aromatic carbocycles. The van der Waals surface area contributed by atoms with Crippen LogP contribution in [0.1, 0.15) is 35.6 Å². The number of nitrogens with one attached hydrogen (secondary N) is 1. The summed E-state index contributed by atoms with van der Waals surface area (Å²) in [6.07, 6.45) is -2.44. The summed E-state index contributed by atoms with van der Waals surface area (Å²) in [7, 11) is 0. The second-order valence-electron chi connectivity index (χ2n) is 9.71. The number of alkyl halides is 3. The van der Waals surface area contributed by atoms with Gasteiger partial charge in [-0.25, -0.2) is 0 Å². The molecule has 0 bridgehead atoms. The number of anilines is 2. The van der Waals surface area contributed by atoms with E-state index in [4.69, 9.17) is 16.3 Å². The number of para-hydroxylation sites is 1. The molecule has 1 N–H and O–H groups in total. The second kappa shape index (κ2) is 11.2. The van der Waals surface area contributed by atoms with Crippen molar-refractivity contribution in [3.63, 3.8) is 0 Å². The first-order valence-electron chi connectivity index (χ1n) is 12.7. The van der Waals surface area contributed by atoms with Crippen molar-refractivity contribution in [2.24, 2.45) is 0 Å². The van der Waals surface area contributed by atoms with Crippen molar-refractivity contribution in [3.8, 4) is 5.75 Å². The van der Waals surface area contributed by atoms with Gasteiger partial charge in [0.25, 0.3) is 0 Å². The summed E-state index contributed by atoms with van der Waals surface area (Å²) in [5, 5.41) is 4.74. The van der Waals surface area contributed by atoms with E-state index in [0.29, 0.717) is 30.4 Å². The number of likely N-dealkylation sites (tertiary alicyclic amines) is 1. The number of halogens is 4. The van der Waals surface area contributed by atoms with Gasteiger partial charge in [-0.3, -0.25) is 9.88 Å². The van der Waals surface area contributed by atoms with Crippen molar-refractivity contribution in [2.75, 3.05) is 31.6 Å². The average molecular weight is 540 g/mol. The number of rotatable bonds is 7. The fraction of sp³-hybridized carbons (Fsp3) is 0.300. The van der Waals surface area contributed by atoms with Crippen molar-refractivity contribution in [2.45, 2.75) is 31.9 Å². The van der Waals surface area contributed by atoms with Gasteiger partial charge in [0.15, 0.2) is 0 Å². The minimum absolute atomic E-state index is 0.188. The number of hydrogen-bond donors (Lipinski definition) is 1. The molecule has 1 fully saturated rings. The van der Waals surface area contributed by atoms with E-state index in [1.807, 2.05) is 49.4 Å². The molecule has 8 heteroatoms. The molecule has 0 saturated carbocycles. The van der Waals surface area contributed by atoms with Gasteiger partial charge in [0, 0.05) is 40.1 Å². The van der Waals surface area contributed by atoms with Gasteiger partial charge in [0.1, 0.15) is 12.4 Å². The van der Waals surface area contributed by atoms with Gasteiger partial charge in [-0.05, 0) is 80.7 Å². The van der Waals surface area contributed by atoms with Crippen molar-refractivity contribution in [1.29, 1.82) is 0 Å². The van der Waals surface area contributed by atoms with Crippen molar-refractivity contribution in [1.82, 2.24) is 9.88 Å². The van der Waals surface area contributed by atoms with Gasteiger partial charge in [-0.1, -0.05) is 41.9 Å². The van der Waals surface area contributed by atoms with Gasteiger partial charge in [-0.15, -0.1) is 0 Å². The van der Waals surface area contributed by atoms with Gasteiger partial charge in [-0.2, -0.15) is 13.2 Å². The molecule has 5 rings (SSSR count). The lowest BCUT2D eigenvalue weighted by Crippen LogP contribution is -2.35. The molecule has 198 valence electrons. The van der Waals surface area contributed by atoms with Crippen LogP contribution in [0.2, 0.25) is 5.02 Å². The zero-order valence-electron chi connectivity index (χ0n) is 21.1. The number of fused-ring (bicyclic) bond motifs is 1. The first-order chi connectivity index (χ1) is 18.2. The molecule has 4 nitrogen and oxygen atoms in total. The summed E-state index contributed by atoms with van der Waals surface area (Å²) in [4.78, 5) is 6.80. The van der Waals surface area contributed by atoms with Crippen LogP contribution in [0.25, 0.3) is 10.9 Å². The first kappa shape index (κ1) is 26.3. The Morgan fingerprint density at radius 3 is 2.47 bits per heavy atom. The predicted molar refractivity (Wildman–Crippen MR) is 147 cm³/mol. The highest BCUT2D eigenvalue weighted by Gasteiger charge is 2.31. The van der Waals surface area contributed by atoms with Crippen LogP contribution in [0, 0.1) is 6.92 Å². The monoisotopic (exact) mass is 539 g/mol. The summed E-state index contributed by atoms with van der Waals surface area (Å²) >= 11 is 6.00. The van der Waals surface area contributed by atoms with Gasteiger partial charge in [0.05, 0.1) is 11.1 Å². The van der Waals surface area contributed by atoms with E-state index in [-0.39, 0.29) is 5.75 Å². The van der Waals surface area contributed by atoms with Crippen molar-refractivity contribution < 1.29 is 17.9 Å². The SMILES string of the molecule is Cc1cc(Nc2cc(OCCN3CCC(c4ccc(Cl)cc4)CC3)cc(C(F)(F)F)c2)c2ccccc2n1. The molecular weight excluding hydrogens is 511 g/mol. The van der Waals surface area contributed by atoms with Crippen LogP contribution in [0.4, 0.5) is 24.5 Å².